The predicted molar refractivity (Wildman–Crippen MR) is 87.3 cm³/mol. The van der Waals surface area contributed by atoms with Gasteiger partial charge in [-0.05, 0) is 73.5 Å². The number of carbonyl (C=O) groups excluding carboxylic acids is 1. The Morgan fingerprint density at radius 1 is 1.09 bits per heavy atom. The van der Waals surface area contributed by atoms with Gasteiger partial charge in [0.2, 0.25) is 0 Å². The minimum Gasteiger partial charge on any atom is -0.390 e. The number of Topliss-reactive ketones (excluding diaryl/α,β-unsaturated/α-hetero) is 1. The summed E-state index contributed by atoms with van der Waals surface area (Å²) in [6.07, 6.45) is 6.13. The van der Waals surface area contributed by atoms with Crippen LogP contribution >= 0.6 is 0 Å². The van der Waals surface area contributed by atoms with E-state index in [2.05, 4.69) is 27.7 Å². The molecule has 0 amide bonds. The Morgan fingerprint density at radius 3 is 2.41 bits per heavy atom. The zero-order valence-electron chi connectivity index (χ0n) is 14.9. The van der Waals surface area contributed by atoms with Crippen LogP contribution in [-0.4, -0.2) is 16.5 Å². The Kier molecular flexibility index (Phi) is 2.75. The molecule has 4 aliphatic rings. The van der Waals surface area contributed by atoms with E-state index in [0.29, 0.717) is 29.5 Å². The minimum atomic E-state index is -0.548. The van der Waals surface area contributed by atoms with Crippen molar-refractivity contribution in [3.63, 3.8) is 0 Å². The second kappa shape index (κ2) is 3.99. The molecule has 0 aromatic heterocycles. The molecule has 4 fully saturated rings. The van der Waals surface area contributed by atoms with Crippen LogP contribution in [0.3, 0.4) is 0 Å². The first kappa shape index (κ1) is 15.2. The zero-order chi connectivity index (χ0) is 16.1. The molecule has 124 valence electrons. The molecule has 2 nitrogen and oxygen atoms in total. The van der Waals surface area contributed by atoms with Gasteiger partial charge in [-0.3, -0.25) is 4.79 Å². The van der Waals surface area contributed by atoms with Crippen molar-refractivity contribution in [1.82, 2.24) is 0 Å². The van der Waals surface area contributed by atoms with Gasteiger partial charge in [0.25, 0.3) is 0 Å². The van der Waals surface area contributed by atoms with Gasteiger partial charge in [-0.1, -0.05) is 27.7 Å². The van der Waals surface area contributed by atoms with Crippen molar-refractivity contribution >= 4 is 5.78 Å². The summed E-state index contributed by atoms with van der Waals surface area (Å²) in [5, 5.41) is 10.9. The molecule has 22 heavy (non-hydrogen) atoms. The highest BCUT2D eigenvalue weighted by Crippen LogP contribution is 2.83. The van der Waals surface area contributed by atoms with E-state index < -0.39 is 5.60 Å². The quantitative estimate of drug-likeness (QED) is 0.788. The highest BCUT2D eigenvalue weighted by Gasteiger charge is 2.81. The fourth-order valence-corrected chi connectivity index (χ4v) is 7.74. The van der Waals surface area contributed by atoms with Gasteiger partial charge in [0.1, 0.15) is 5.78 Å². The Labute approximate surface area is 135 Å². The van der Waals surface area contributed by atoms with Gasteiger partial charge >= 0.3 is 0 Å². The van der Waals surface area contributed by atoms with Crippen molar-refractivity contribution in [3.05, 3.63) is 0 Å². The Bertz CT molecular complexity index is 536. The van der Waals surface area contributed by atoms with Gasteiger partial charge in [0, 0.05) is 11.8 Å². The van der Waals surface area contributed by atoms with E-state index >= 15 is 0 Å². The molecule has 4 rings (SSSR count). The van der Waals surface area contributed by atoms with E-state index in [1.165, 1.54) is 12.8 Å². The number of rotatable bonds is 1. The number of ketones is 1. The molecule has 0 aromatic rings. The normalized spacial score (nSPS) is 60.0. The molecule has 0 aliphatic heterocycles. The van der Waals surface area contributed by atoms with Gasteiger partial charge in [0.05, 0.1) is 5.60 Å². The molecule has 1 N–H and O–H groups in total. The van der Waals surface area contributed by atoms with Crippen molar-refractivity contribution in [3.8, 4) is 0 Å². The summed E-state index contributed by atoms with van der Waals surface area (Å²) in [5.41, 5.74) is -0.417. The lowest BCUT2D eigenvalue weighted by Crippen LogP contribution is -2.58. The van der Waals surface area contributed by atoms with Crippen molar-refractivity contribution in [2.45, 2.75) is 78.7 Å². The number of hydrogen-bond donors (Lipinski definition) is 1. The first-order chi connectivity index (χ1) is 10.1. The lowest BCUT2D eigenvalue weighted by molar-refractivity contribution is -0.166. The maximum atomic E-state index is 13.2. The van der Waals surface area contributed by atoms with E-state index in [1.807, 2.05) is 6.92 Å². The van der Waals surface area contributed by atoms with Crippen LogP contribution in [0.15, 0.2) is 0 Å². The molecule has 7 atom stereocenters. The van der Waals surface area contributed by atoms with Crippen molar-refractivity contribution < 1.29 is 9.90 Å². The summed E-state index contributed by atoms with van der Waals surface area (Å²) in [6, 6.07) is 0. The maximum absolute atomic E-state index is 13.2. The van der Waals surface area contributed by atoms with Crippen LogP contribution in [0.4, 0.5) is 0 Å². The van der Waals surface area contributed by atoms with Crippen LogP contribution in [0.25, 0.3) is 0 Å². The Morgan fingerprint density at radius 2 is 1.77 bits per heavy atom. The van der Waals surface area contributed by atoms with E-state index in [4.69, 9.17) is 0 Å². The fourth-order valence-electron chi connectivity index (χ4n) is 7.74. The number of aliphatic hydroxyl groups is 1. The topological polar surface area (TPSA) is 37.3 Å². The van der Waals surface area contributed by atoms with Crippen molar-refractivity contribution in [2.24, 2.45) is 39.9 Å². The smallest absolute Gasteiger partial charge is 0.139 e. The average Bonchev–Trinajstić information content (AvgIpc) is 3.08. The van der Waals surface area contributed by atoms with Crippen LogP contribution in [0, 0.1) is 39.9 Å². The van der Waals surface area contributed by atoms with Crippen LogP contribution < -0.4 is 0 Å². The largest absolute Gasteiger partial charge is 0.390 e. The Hall–Kier alpha value is -0.370. The highest BCUT2D eigenvalue weighted by atomic mass is 16.3. The molecule has 0 radical (unpaired) electrons. The molecule has 4 aliphatic carbocycles. The SMILES string of the molecule is CC(C)[C@H]1CC[C@@H]2[C@]1(C)CC(=O)[C@@]1(C)CC[C@](C)(O)[C@@H]3C[C@@]231. The van der Waals surface area contributed by atoms with E-state index in [1.54, 1.807) is 0 Å². The highest BCUT2D eigenvalue weighted by molar-refractivity contribution is 5.88. The first-order valence-corrected chi connectivity index (χ1v) is 9.35. The molecule has 0 aromatic carbocycles. The van der Waals surface area contributed by atoms with Gasteiger partial charge in [-0.15, -0.1) is 0 Å². The van der Waals surface area contributed by atoms with Gasteiger partial charge in [-0.2, -0.15) is 0 Å². The van der Waals surface area contributed by atoms with Gasteiger partial charge in [0.15, 0.2) is 0 Å². The lowest BCUT2D eigenvalue weighted by Gasteiger charge is -2.58. The van der Waals surface area contributed by atoms with Crippen molar-refractivity contribution in [1.29, 1.82) is 0 Å². The van der Waals surface area contributed by atoms with Crippen LogP contribution in [0.5, 0.6) is 0 Å². The molecule has 4 saturated carbocycles. The monoisotopic (exact) mass is 304 g/mol. The van der Waals surface area contributed by atoms with E-state index in [0.717, 1.165) is 25.7 Å². The molecule has 1 spiro atoms. The summed E-state index contributed by atoms with van der Waals surface area (Å²) in [4.78, 5) is 13.2. The van der Waals surface area contributed by atoms with Crippen LogP contribution in [0.1, 0.15) is 73.1 Å². The molecule has 0 saturated heterocycles. The van der Waals surface area contributed by atoms with Gasteiger partial charge in [-0.25, -0.2) is 0 Å². The number of hydrogen-bond acceptors (Lipinski definition) is 2. The number of carbonyl (C=O) groups is 1. The maximum Gasteiger partial charge on any atom is 0.139 e. The fraction of sp³-hybridized carbons (Fsp3) is 0.950. The van der Waals surface area contributed by atoms with Crippen LogP contribution in [-0.2, 0) is 4.79 Å². The Balaban J connectivity index is 1.82. The minimum absolute atomic E-state index is 0.114. The summed E-state index contributed by atoms with van der Waals surface area (Å²) < 4.78 is 0. The average molecular weight is 304 g/mol. The molecule has 0 unspecified atom stereocenters. The third-order valence-corrected chi connectivity index (χ3v) is 8.91. The van der Waals surface area contributed by atoms with Crippen LogP contribution in [0.2, 0.25) is 0 Å². The molecule has 0 bridgehead atoms. The second-order valence-electron chi connectivity index (χ2n) is 10.1. The van der Waals surface area contributed by atoms with Crippen molar-refractivity contribution in [2.75, 3.05) is 0 Å². The summed E-state index contributed by atoms with van der Waals surface area (Å²) in [7, 11) is 0. The molecular formula is C20H32O2. The second-order valence-corrected chi connectivity index (χ2v) is 10.1. The number of fused-ring (bicyclic) bond motifs is 1. The summed E-state index contributed by atoms with van der Waals surface area (Å²) in [5.74, 6) is 2.85. The van der Waals surface area contributed by atoms with E-state index in [9.17, 15) is 9.90 Å². The molecular weight excluding hydrogens is 272 g/mol. The predicted octanol–water partition coefficient (Wildman–Crippen LogP) is 4.21. The summed E-state index contributed by atoms with van der Waals surface area (Å²) in [6.45, 7) is 11.3. The molecule has 2 heteroatoms. The zero-order valence-corrected chi connectivity index (χ0v) is 14.9. The third-order valence-electron chi connectivity index (χ3n) is 8.91. The van der Waals surface area contributed by atoms with E-state index in [-0.39, 0.29) is 16.2 Å². The standard InChI is InChI=1S/C20H32O2/c1-12(2)13-6-7-14-17(13,3)11-16(21)18(4)8-9-19(5,22)15-10-20(14,15)18/h12-15,22H,6-11H2,1-5H3/t13-,14-,15+,17-,18-,19+,20-/m1/s1. The summed E-state index contributed by atoms with van der Waals surface area (Å²) >= 11 is 0. The lowest BCUT2D eigenvalue weighted by atomic mass is 9.45. The molecule has 0 heterocycles. The van der Waals surface area contributed by atoms with Gasteiger partial charge < -0.3 is 5.11 Å². The third kappa shape index (κ3) is 1.45. The first-order valence-electron chi connectivity index (χ1n) is 9.35.